The lowest BCUT2D eigenvalue weighted by atomic mass is 9.97. The van der Waals surface area contributed by atoms with Gasteiger partial charge in [-0.15, -0.1) is 0 Å². The van der Waals surface area contributed by atoms with E-state index in [0.29, 0.717) is 0 Å². The number of hydrogen-bond donors (Lipinski definition) is 0. The number of rotatable bonds is 6. The van der Waals surface area contributed by atoms with E-state index in [1.165, 1.54) is 7.11 Å². The minimum absolute atomic E-state index is 0.129. The van der Waals surface area contributed by atoms with Crippen LogP contribution in [0.15, 0.2) is 36.4 Å². The molecule has 18 heavy (non-hydrogen) atoms. The van der Waals surface area contributed by atoms with Gasteiger partial charge in [-0.1, -0.05) is 56.2 Å². The van der Waals surface area contributed by atoms with Crippen LogP contribution in [0.5, 0.6) is 0 Å². The zero-order chi connectivity index (χ0) is 13.4. The molecule has 0 bridgehead atoms. The highest BCUT2D eigenvalue weighted by molar-refractivity contribution is 5.77. The zero-order valence-corrected chi connectivity index (χ0v) is 11.5. The molecular formula is C16H22O2. The van der Waals surface area contributed by atoms with Crippen LogP contribution in [0.25, 0.3) is 5.57 Å². The Labute approximate surface area is 110 Å². The van der Waals surface area contributed by atoms with Crippen LogP contribution in [0.1, 0.15) is 38.7 Å². The summed E-state index contributed by atoms with van der Waals surface area (Å²) in [5.41, 5.74) is 2.28. The number of esters is 1. The summed E-state index contributed by atoms with van der Waals surface area (Å²) in [6, 6.07) is 10.1. The summed E-state index contributed by atoms with van der Waals surface area (Å²) in [5.74, 6) is -0.270. The van der Waals surface area contributed by atoms with Gasteiger partial charge >= 0.3 is 5.97 Å². The predicted molar refractivity (Wildman–Crippen MR) is 75.1 cm³/mol. The largest absolute Gasteiger partial charge is 0.469 e. The Balaban J connectivity index is 2.83. The van der Waals surface area contributed by atoms with Crippen molar-refractivity contribution in [2.24, 2.45) is 5.92 Å². The first kappa shape index (κ1) is 14.5. The molecule has 0 aliphatic rings. The molecule has 0 aliphatic heterocycles. The van der Waals surface area contributed by atoms with Crippen LogP contribution >= 0.6 is 0 Å². The lowest BCUT2D eigenvalue weighted by Gasteiger charge is -2.11. The number of methoxy groups -OCH3 is 1. The first-order valence-corrected chi connectivity index (χ1v) is 6.50. The summed E-state index contributed by atoms with van der Waals surface area (Å²) in [4.78, 5) is 11.7. The van der Waals surface area contributed by atoms with Crippen LogP contribution in [0.4, 0.5) is 0 Å². The molecule has 0 aliphatic carbocycles. The molecule has 0 spiro atoms. The van der Waals surface area contributed by atoms with E-state index < -0.39 is 0 Å². The van der Waals surface area contributed by atoms with Crippen molar-refractivity contribution in [3.05, 3.63) is 42.0 Å². The normalized spacial score (nSPS) is 13.2. The maximum Gasteiger partial charge on any atom is 0.312 e. The first-order chi connectivity index (χ1) is 8.69. The van der Waals surface area contributed by atoms with Gasteiger partial charge in [0.15, 0.2) is 0 Å². The molecule has 2 heteroatoms. The van der Waals surface area contributed by atoms with Crippen LogP contribution in [0.2, 0.25) is 0 Å². The van der Waals surface area contributed by atoms with Gasteiger partial charge < -0.3 is 4.74 Å². The first-order valence-electron chi connectivity index (χ1n) is 6.50. The number of carbonyl (C=O) groups is 1. The third-order valence-electron chi connectivity index (χ3n) is 3.05. The van der Waals surface area contributed by atoms with E-state index in [1.807, 2.05) is 31.2 Å². The number of hydrogen-bond acceptors (Lipinski definition) is 2. The molecule has 0 amide bonds. The molecule has 0 saturated heterocycles. The Morgan fingerprint density at radius 3 is 2.56 bits per heavy atom. The number of carbonyl (C=O) groups excluding carboxylic acids is 1. The van der Waals surface area contributed by atoms with Crippen molar-refractivity contribution in [1.29, 1.82) is 0 Å². The molecule has 1 rings (SSSR count). The summed E-state index contributed by atoms with van der Waals surface area (Å²) in [6.07, 6.45) is 5.01. The van der Waals surface area contributed by atoms with Crippen molar-refractivity contribution in [1.82, 2.24) is 0 Å². The highest BCUT2D eigenvalue weighted by Crippen LogP contribution is 2.20. The summed E-state index contributed by atoms with van der Waals surface area (Å²) in [5, 5.41) is 0. The highest BCUT2D eigenvalue weighted by Gasteiger charge is 2.16. The van der Waals surface area contributed by atoms with E-state index >= 15 is 0 Å². The SMILES string of the molecule is CCCCC(/C=C(\C)c1ccccc1)C(=O)OC. The Kier molecular flexibility index (Phi) is 6.20. The van der Waals surface area contributed by atoms with Crippen LogP contribution < -0.4 is 0 Å². The summed E-state index contributed by atoms with van der Waals surface area (Å²) < 4.78 is 4.86. The van der Waals surface area contributed by atoms with Gasteiger partial charge in [0.1, 0.15) is 0 Å². The third kappa shape index (κ3) is 4.36. The smallest absolute Gasteiger partial charge is 0.312 e. The van der Waals surface area contributed by atoms with E-state index in [2.05, 4.69) is 19.1 Å². The van der Waals surface area contributed by atoms with Crippen molar-refractivity contribution in [2.45, 2.75) is 33.1 Å². The van der Waals surface area contributed by atoms with E-state index in [1.54, 1.807) is 0 Å². The van der Waals surface area contributed by atoms with Gasteiger partial charge in [0.25, 0.3) is 0 Å². The molecule has 0 saturated carbocycles. The van der Waals surface area contributed by atoms with Crippen molar-refractivity contribution in [3.8, 4) is 0 Å². The second-order valence-electron chi connectivity index (χ2n) is 4.49. The fraction of sp³-hybridized carbons (Fsp3) is 0.438. The molecule has 1 aromatic rings. The summed E-state index contributed by atoms with van der Waals surface area (Å²) in [7, 11) is 1.45. The predicted octanol–water partition coefficient (Wildman–Crippen LogP) is 4.07. The molecule has 0 N–H and O–H groups in total. The number of unbranched alkanes of at least 4 members (excludes halogenated alkanes) is 1. The fourth-order valence-electron chi connectivity index (χ4n) is 1.94. The van der Waals surface area contributed by atoms with Crippen molar-refractivity contribution < 1.29 is 9.53 Å². The molecule has 0 fully saturated rings. The topological polar surface area (TPSA) is 26.3 Å². The summed E-state index contributed by atoms with van der Waals surface area (Å²) >= 11 is 0. The van der Waals surface area contributed by atoms with Crippen LogP contribution in [0.3, 0.4) is 0 Å². The van der Waals surface area contributed by atoms with E-state index in [0.717, 1.165) is 30.4 Å². The Hall–Kier alpha value is -1.57. The molecule has 0 aromatic heterocycles. The number of ether oxygens (including phenoxy) is 1. The minimum atomic E-state index is -0.140. The molecular weight excluding hydrogens is 224 g/mol. The molecule has 1 atom stereocenters. The highest BCUT2D eigenvalue weighted by atomic mass is 16.5. The molecule has 98 valence electrons. The Morgan fingerprint density at radius 1 is 1.33 bits per heavy atom. The van der Waals surface area contributed by atoms with Gasteiger partial charge in [-0.25, -0.2) is 0 Å². The lowest BCUT2D eigenvalue weighted by molar-refractivity contribution is -0.143. The molecule has 2 nitrogen and oxygen atoms in total. The lowest BCUT2D eigenvalue weighted by Crippen LogP contribution is -2.14. The molecule has 0 heterocycles. The van der Waals surface area contributed by atoms with E-state index in [4.69, 9.17) is 4.74 Å². The van der Waals surface area contributed by atoms with Crippen LogP contribution in [-0.2, 0) is 9.53 Å². The second kappa shape index (κ2) is 7.70. The third-order valence-corrected chi connectivity index (χ3v) is 3.05. The Bertz CT molecular complexity index is 393. The molecule has 1 aromatic carbocycles. The van der Waals surface area contributed by atoms with E-state index in [-0.39, 0.29) is 11.9 Å². The maximum atomic E-state index is 11.7. The van der Waals surface area contributed by atoms with Gasteiger partial charge in [-0.2, -0.15) is 0 Å². The monoisotopic (exact) mass is 246 g/mol. The maximum absolute atomic E-state index is 11.7. The molecule has 1 unspecified atom stereocenters. The van der Waals surface area contributed by atoms with Crippen LogP contribution in [-0.4, -0.2) is 13.1 Å². The van der Waals surface area contributed by atoms with E-state index in [9.17, 15) is 4.79 Å². The van der Waals surface area contributed by atoms with Gasteiger partial charge in [-0.3, -0.25) is 4.79 Å². The summed E-state index contributed by atoms with van der Waals surface area (Å²) in [6.45, 7) is 4.17. The fourth-order valence-corrected chi connectivity index (χ4v) is 1.94. The average molecular weight is 246 g/mol. The van der Waals surface area contributed by atoms with Gasteiger partial charge in [0.05, 0.1) is 13.0 Å². The minimum Gasteiger partial charge on any atom is -0.469 e. The average Bonchev–Trinajstić information content (AvgIpc) is 2.43. The van der Waals surface area contributed by atoms with Gasteiger partial charge in [0, 0.05) is 0 Å². The zero-order valence-electron chi connectivity index (χ0n) is 11.5. The molecule has 0 radical (unpaired) electrons. The van der Waals surface area contributed by atoms with Crippen LogP contribution in [0, 0.1) is 5.92 Å². The van der Waals surface area contributed by atoms with Gasteiger partial charge in [-0.05, 0) is 24.5 Å². The number of benzene rings is 1. The second-order valence-corrected chi connectivity index (χ2v) is 4.49. The number of allylic oxidation sites excluding steroid dienone is 1. The van der Waals surface area contributed by atoms with Crippen molar-refractivity contribution in [2.75, 3.05) is 7.11 Å². The quantitative estimate of drug-likeness (QED) is 0.707. The van der Waals surface area contributed by atoms with Crippen molar-refractivity contribution >= 4 is 11.5 Å². The standard InChI is InChI=1S/C16H22O2/c1-4-5-9-15(16(17)18-3)12-13(2)14-10-7-6-8-11-14/h6-8,10-12,15H,4-5,9H2,1-3H3/b13-12+. The van der Waals surface area contributed by atoms with Gasteiger partial charge in [0.2, 0.25) is 0 Å². The Morgan fingerprint density at radius 2 is 2.00 bits per heavy atom. The van der Waals surface area contributed by atoms with Crippen molar-refractivity contribution in [3.63, 3.8) is 0 Å².